The summed E-state index contributed by atoms with van der Waals surface area (Å²) in [7, 11) is 0. The number of aromatic nitrogens is 1. The van der Waals surface area contributed by atoms with Crippen molar-refractivity contribution in [3.8, 4) is 0 Å². The Hall–Kier alpha value is -2.98. The quantitative estimate of drug-likeness (QED) is 0.772. The van der Waals surface area contributed by atoms with Crippen molar-refractivity contribution in [1.29, 1.82) is 0 Å². The summed E-state index contributed by atoms with van der Waals surface area (Å²) in [4.78, 5) is 48.7. The maximum Gasteiger partial charge on any atom is 0.323 e. The molecule has 2 aliphatic rings. The zero-order chi connectivity index (χ0) is 19.8. The first kappa shape index (κ1) is 18.4. The van der Waals surface area contributed by atoms with Crippen LogP contribution in [-0.2, 0) is 14.4 Å². The number of carboxylic acids is 1. The highest BCUT2D eigenvalue weighted by molar-refractivity contribution is 8.18. The number of aliphatic carboxylic acids is 1. The average Bonchev–Trinajstić information content (AvgIpc) is 3.35. The van der Waals surface area contributed by atoms with Crippen molar-refractivity contribution in [2.75, 3.05) is 18.0 Å². The first-order chi connectivity index (χ1) is 13.5. The number of rotatable bonds is 4. The topological polar surface area (TPSA) is 103 Å². The minimum absolute atomic E-state index is 0.217. The lowest BCUT2D eigenvalue weighted by atomic mass is 10.1. The van der Waals surface area contributed by atoms with E-state index in [4.69, 9.17) is 0 Å². The number of likely N-dealkylation sites (N-methyl/N-ethyl adjacent to an activating group) is 1. The molecule has 1 aromatic heterocycles. The van der Waals surface area contributed by atoms with Gasteiger partial charge in [-0.15, -0.1) is 11.3 Å². The zero-order valence-corrected chi connectivity index (χ0v) is 16.3. The number of carboxylic acid groups (broad SMARTS) is 1. The van der Waals surface area contributed by atoms with Crippen LogP contribution in [0.5, 0.6) is 0 Å². The molecule has 4 rings (SSSR count). The molecular formula is C18H14N4O4S2. The van der Waals surface area contributed by atoms with Gasteiger partial charge in [-0.1, -0.05) is 18.2 Å². The minimum Gasteiger partial charge on any atom is -0.480 e. The van der Waals surface area contributed by atoms with Gasteiger partial charge in [-0.3, -0.25) is 24.2 Å². The van der Waals surface area contributed by atoms with E-state index in [-0.39, 0.29) is 16.4 Å². The van der Waals surface area contributed by atoms with Gasteiger partial charge in [0.2, 0.25) is 5.13 Å². The van der Waals surface area contributed by atoms with E-state index < -0.39 is 18.4 Å². The lowest BCUT2D eigenvalue weighted by molar-refractivity contribution is -0.136. The van der Waals surface area contributed by atoms with E-state index in [0.717, 1.165) is 11.8 Å². The third-order valence-electron chi connectivity index (χ3n) is 4.23. The Morgan fingerprint density at radius 2 is 2.00 bits per heavy atom. The second-order valence-corrected chi connectivity index (χ2v) is 7.72. The van der Waals surface area contributed by atoms with Gasteiger partial charge in [0.1, 0.15) is 6.54 Å². The van der Waals surface area contributed by atoms with Gasteiger partial charge in [0.15, 0.2) is 5.17 Å². The number of nitrogens with zero attached hydrogens (tertiary/aromatic N) is 4. The number of hydrogen-bond donors (Lipinski definition) is 1. The number of fused-ring (bicyclic) bond motifs is 1. The number of carbonyl (C=O) groups excluding carboxylic acids is 2. The van der Waals surface area contributed by atoms with Gasteiger partial charge in [0, 0.05) is 23.7 Å². The summed E-state index contributed by atoms with van der Waals surface area (Å²) in [6, 6.07) is 6.88. The SMILES string of the molecule is CCN1C(=O)/C(=C2/C(=O)N(CC(=O)O)c3ccccc32)S/C1=N/c1nccs1. The van der Waals surface area contributed by atoms with Gasteiger partial charge >= 0.3 is 5.97 Å². The molecule has 1 aromatic carbocycles. The van der Waals surface area contributed by atoms with E-state index in [1.54, 1.807) is 35.8 Å². The second kappa shape index (κ2) is 7.21. The summed E-state index contributed by atoms with van der Waals surface area (Å²) in [6.07, 6.45) is 1.63. The van der Waals surface area contributed by atoms with Crippen molar-refractivity contribution in [2.45, 2.75) is 6.92 Å². The van der Waals surface area contributed by atoms with Crippen LogP contribution in [0.25, 0.3) is 5.57 Å². The fraction of sp³-hybridized carbons (Fsp3) is 0.167. The normalized spacial score (nSPS) is 20.4. The Bertz CT molecular complexity index is 1050. The van der Waals surface area contributed by atoms with Crippen molar-refractivity contribution in [3.05, 3.63) is 46.3 Å². The average molecular weight is 414 g/mol. The summed E-state index contributed by atoms with van der Waals surface area (Å²) in [5, 5.41) is 11.9. The number of anilines is 1. The predicted octanol–water partition coefficient (Wildman–Crippen LogP) is 2.57. The van der Waals surface area contributed by atoms with Crippen LogP contribution in [0.4, 0.5) is 10.8 Å². The Balaban J connectivity index is 1.83. The number of hydrogen-bond acceptors (Lipinski definition) is 7. The van der Waals surface area contributed by atoms with Crippen molar-refractivity contribution < 1.29 is 19.5 Å². The first-order valence-electron chi connectivity index (χ1n) is 8.36. The molecule has 0 atom stereocenters. The van der Waals surface area contributed by atoms with Crippen LogP contribution in [0.1, 0.15) is 12.5 Å². The number of benzene rings is 1. The van der Waals surface area contributed by atoms with Crippen LogP contribution in [0, 0.1) is 0 Å². The van der Waals surface area contributed by atoms with E-state index in [9.17, 15) is 19.5 Å². The molecule has 0 bridgehead atoms. The van der Waals surface area contributed by atoms with E-state index >= 15 is 0 Å². The maximum absolute atomic E-state index is 13.0. The van der Waals surface area contributed by atoms with Crippen molar-refractivity contribution in [2.24, 2.45) is 4.99 Å². The summed E-state index contributed by atoms with van der Waals surface area (Å²) >= 11 is 2.46. The van der Waals surface area contributed by atoms with Crippen molar-refractivity contribution in [1.82, 2.24) is 9.88 Å². The molecule has 0 saturated carbocycles. The molecule has 142 valence electrons. The summed E-state index contributed by atoms with van der Waals surface area (Å²) in [6.45, 7) is 1.75. The van der Waals surface area contributed by atoms with E-state index in [2.05, 4.69) is 9.98 Å². The molecule has 1 fully saturated rings. The van der Waals surface area contributed by atoms with Crippen LogP contribution in [0.3, 0.4) is 0 Å². The molecule has 1 N–H and O–H groups in total. The molecule has 2 aromatic rings. The molecule has 0 unspecified atom stereocenters. The lowest BCUT2D eigenvalue weighted by Gasteiger charge is -2.13. The molecule has 0 spiro atoms. The monoisotopic (exact) mass is 414 g/mol. The second-order valence-electron chi connectivity index (χ2n) is 5.87. The summed E-state index contributed by atoms with van der Waals surface area (Å²) < 4.78 is 0. The number of amides is 2. The highest BCUT2D eigenvalue weighted by atomic mass is 32.2. The number of carbonyl (C=O) groups is 3. The molecule has 2 aliphatic heterocycles. The lowest BCUT2D eigenvalue weighted by Crippen LogP contribution is -2.33. The summed E-state index contributed by atoms with van der Waals surface area (Å²) in [5.41, 5.74) is 1.25. The predicted molar refractivity (Wildman–Crippen MR) is 108 cm³/mol. The van der Waals surface area contributed by atoms with Gasteiger partial charge in [0.25, 0.3) is 11.8 Å². The molecule has 10 heteroatoms. The van der Waals surface area contributed by atoms with Crippen LogP contribution in [-0.4, -0.2) is 51.0 Å². The van der Waals surface area contributed by atoms with Gasteiger partial charge in [0.05, 0.1) is 16.2 Å². The Morgan fingerprint density at radius 3 is 2.68 bits per heavy atom. The number of thiazole rings is 1. The van der Waals surface area contributed by atoms with Gasteiger partial charge in [-0.05, 0) is 24.8 Å². The molecule has 3 heterocycles. The molecular weight excluding hydrogens is 400 g/mol. The van der Waals surface area contributed by atoms with Crippen molar-refractivity contribution >= 4 is 62.4 Å². The molecule has 2 amide bonds. The Morgan fingerprint density at radius 1 is 1.21 bits per heavy atom. The number of amidine groups is 1. The first-order valence-corrected chi connectivity index (χ1v) is 10.1. The highest BCUT2D eigenvalue weighted by Crippen LogP contribution is 2.44. The van der Waals surface area contributed by atoms with Gasteiger partial charge in [-0.2, -0.15) is 4.99 Å². The largest absolute Gasteiger partial charge is 0.480 e. The van der Waals surface area contributed by atoms with E-state index in [1.807, 2.05) is 6.92 Å². The Labute approximate surface area is 168 Å². The molecule has 8 nitrogen and oxygen atoms in total. The standard InChI is InChI=1S/C18H14N4O4S2/c1-2-21-16(26)14(28-18(21)20-17-19-7-8-27-17)13-10-5-3-4-6-11(10)22(15(13)25)9-12(23)24/h3-8H,2,9H2,1H3,(H,23,24)/b14-13-,20-18+. The smallest absolute Gasteiger partial charge is 0.323 e. The fourth-order valence-electron chi connectivity index (χ4n) is 3.06. The zero-order valence-electron chi connectivity index (χ0n) is 14.7. The van der Waals surface area contributed by atoms with Crippen LogP contribution in [0.15, 0.2) is 45.7 Å². The molecule has 0 aliphatic carbocycles. The van der Waals surface area contributed by atoms with E-state index in [1.165, 1.54) is 21.1 Å². The molecule has 28 heavy (non-hydrogen) atoms. The van der Waals surface area contributed by atoms with Crippen LogP contribution in [0.2, 0.25) is 0 Å². The van der Waals surface area contributed by atoms with Gasteiger partial charge in [-0.25, -0.2) is 4.98 Å². The summed E-state index contributed by atoms with van der Waals surface area (Å²) in [5.74, 6) is -1.94. The molecule has 1 saturated heterocycles. The number of thioether (sulfide) groups is 1. The highest BCUT2D eigenvalue weighted by Gasteiger charge is 2.42. The number of para-hydroxylation sites is 1. The Kier molecular flexibility index (Phi) is 4.73. The van der Waals surface area contributed by atoms with Crippen LogP contribution >= 0.6 is 23.1 Å². The van der Waals surface area contributed by atoms with Crippen LogP contribution < -0.4 is 4.90 Å². The third-order valence-corrected chi connectivity index (χ3v) is 5.98. The van der Waals surface area contributed by atoms with E-state index in [0.29, 0.717) is 28.1 Å². The number of aliphatic imine (C=N–C) groups is 1. The van der Waals surface area contributed by atoms with Gasteiger partial charge < -0.3 is 5.11 Å². The maximum atomic E-state index is 13.0. The fourth-order valence-corrected chi connectivity index (χ4v) is 4.76. The third kappa shape index (κ3) is 3.00. The molecule has 0 radical (unpaired) electrons. The van der Waals surface area contributed by atoms with Crippen molar-refractivity contribution in [3.63, 3.8) is 0 Å². The minimum atomic E-state index is -1.12.